The highest BCUT2D eigenvalue weighted by atomic mass is 16.5. The molecule has 2 rings (SSSR count). The fraction of sp³-hybridized carbons (Fsp3) is 1.00. The van der Waals surface area contributed by atoms with Crippen LogP contribution in [-0.4, -0.2) is 101 Å². The summed E-state index contributed by atoms with van der Waals surface area (Å²) in [5, 5.41) is 0. The molecule has 0 atom stereocenters. The molecule has 148 valence electrons. The Bertz CT molecular complexity index is 308. The average Bonchev–Trinajstić information content (AvgIpc) is 2.66. The van der Waals surface area contributed by atoms with Crippen molar-refractivity contribution in [1.82, 2.24) is 0 Å². The second-order valence-electron chi connectivity index (χ2n) is 8.02. The minimum absolute atomic E-state index is 0.897. The summed E-state index contributed by atoms with van der Waals surface area (Å²) in [5.74, 6) is 0. The molecule has 0 saturated carbocycles. The first-order valence-electron chi connectivity index (χ1n) is 10.7. The van der Waals surface area contributed by atoms with Crippen molar-refractivity contribution < 1.29 is 23.2 Å². The standard InChI is InChI=1S/C20H42N2O3/c1-3-5-7-21(9-15-23-16-10-21)13-19-25-20-14-22(8-6-4-2)11-17-24-18-12-22/h3-20H2,1-2H3/q+2. The Balaban J connectivity index is 1.70. The van der Waals surface area contributed by atoms with Gasteiger partial charge in [-0.3, -0.25) is 0 Å². The van der Waals surface area contributed by atoms with Gasteiger partial charge in [-0.2, -0.15) is 0 Å². The summed E-state index contributed by atoms with van der Waals surface area (Å²) < 4.78 is 19.7. The molecule has 2 aliphatic rings. The van der Waals surface area contributed by atoms with Crippen molar-refractivity contribution in [3.63, 3.8) is 0 Å². The Kier molecular flexibility index (Phi) is 9.71. The lowest BCUT2D eigenvalue weighted by Gasteiger charge is -2.42. The zero-order chi connectivity index (χ0) is 17.8. The summed E-state index contributed by atoms with van der Waals surface area (Å²) in [5.41, 5.74) is 0. The van der Waals surface area contributed by atoms with E-state index >= 15 is 0 Å². The fourth-order valence-corrected chi connectivity index (χ4v) is 4.18. The molecule has 0 N–H and O–H groups in total. The van der Waals surface area contributed by atoms with E-state index in [2.05, 4.69) is 13.8 Å². The minimum Gasteiger partial charge on any atom is -0.370 e. The van der Waals surface area contributed by atoms with Crippen LogP contribution in [0.5, 0.6) is 0 Å². The molecule has 0 aromatic rings. The molecule has 5 heteroatoms. The Morgan fingerprint density at radius 3 is 1.40 bits per heavy atom. The summed E-state index contributed by atoms with van der Waals surface area (Å²) >= 11 is 0. The lowest BCUT2D eigenvalue weighted by atomic mass is 10.2. The lowest BCUT2D eigenvalue weighted by molar-refractivity contribution is -0.938. The van der Waals surface area contributed by atoms with Crippen molar-refractivity contribution in [1.29, 1.82) is 0 Å². The number of morpholine rings is 2. The van der Waals surface area contributed by atoms with E-state index in [1.807, 2.05) is 0 Å². The maximum absolute atomic E-state index is 6.14. The first-order valence-corrected chi connectivity index (χ1v) is 10.7. The maximum atomic E-state index is 6.14. The van der Waals surface area contributed by atoms with E-state index in [9.17, 15) is 0 Å². The summed E-state index contributed by atoms with van der Waals surface area (Å²) in [6, 6.07) is 0. The van der Waals surface area contributed by atoms with Crippen molar-refractivity contribution >= 4 is 0 Å². The van der Waals surface area contributed by atoms with Crippen LogP contribution in [0.1, 0.15) is 39.5 Å². The number of rotatable bonds is 12. The van der Waals surface area contributed by atoms with E-state index < -0.39 is 0 Å². The number of ether oxygens (including phenoxy) is 3. The van der Waals surface area contributed by atoms with Crippen molar-refractivity contribution in [2.75, 3.05) is 92.0 Å². The minimum atomic E-state index is 0.897. The van der Waals surface area contributed by atoms with Crippen LogP contribution < -0.4 is 0 Å². The molecule has 2 fully saturated rings. The van der Waals surface area contributed by atoms with Crippen molar-refractivity contribution in [3.8, 4) is 0 Å². The van der Waals surface area contributed by atoms with E-state index in [0.29, 0.717) is 0 Å². The molecule has 0 radical (unpaired) electrons. The third kappa shape index (κ3) is 7.14. The molecule has 2 saturated heterocycles. The van der Waals surface area contributed by atoms with Gasteiger partial charge in [-0.25, -0.2) is 0 Å². The third-order valence-corrected chi connectivity index (χ3v) is 6.23. The molecule has 0 spiro atoms. The van der Waals surface area contributed by atoms with E-state index in [1.165, 1.54) is 47.7 Å². The van der Waals surface area contributed by atoms with Crippen molar-refractivity contribution in [3.05, 3.63) is 0 Å². The Morgan fingerprint density at radius 2 is 1.04 bits per heavy atom. The third-order valence-electron chi connectivity index (χ3n) is 6.23. The molecule has 0 aromatic heterocycles. The van der Waals surface area contributed by atoms with Crippen LogP contribution in [0.15, 0.2) is 0 Å². The molecule has 0 aliphatic carbocycles. The number of nitrogens with zero attached hydrogens (tertiary/aromatic N) is 2. The van der Waals surface area contributed by atoms with Crippen LogP contribution in [0.4, 0.5) is 0 Å². The van der Waals surface area contributed by atoms with Gasteiger partial charge >= 0.3 is 0 Å². The summed E-state index contributed by atoms with van der Waals surface area (Å²) in [6.45, 7) is 19.6. The SMILES string of the molecule is CCCC[N+]1(CCOCC[N+]2(CCCC)CCOCC2)CCOCC1. The van der Waals surface area contributed by atoms with Gasteiger partial charge in [0.15, 0.2) is 0 Å². The monoisotopic (exact) mass is 358 g/mol. The lowest BCUT2D eigenvalue weighted by Crippen LogP contribution is -2.58. The molecule has 0 bridgehead atoms. The molecule has 0 aromatic carbocycles. The van der Waals surface area contributed by atoms with Crippen LogP contribution in [0, 0.1) is 0 Å². The maximum Gasteiger partial charge on any atom is 0.103 e. The summed E-state index contributed by atoms with van der Waals surface area (Å²) in [7, 11) is 0. The Morgan fingerprint density at radius 1 is 0.640 bits per heavy atom. The van der Waals surface area contributed by atoms with Crippen molar-refractivity contribution in [2.24, 2.45) is 0 Å². The Labute approximate surface area is 155 Å². The van der Waals surface area contributed by atoms with Crippen LogP contribution in [0.2, 0.25) is 0 Å². The highest BCUT2D eigenvalue weighted by Gasteiger charge is 2.31. The number of unbranched alkanes of at least 4 members (excludes halogenated alkanes) is 2. The first kappa shape index (κ1) is 21.1. The molecule has 2 aliphatic heterocycles. The Hall–Kier alpha value is -0.200. The van der Waals surface area contributed by atoms with E-state index in [0.717, 1.165) is 78.9 Å². The van der Waals surface area contributed by atoms with E-state index in [1.54, 1.807) is 0 Å². The predicted octanol–water partition coefficient (Wildman–Crippen LogP) is 2.30. The predicted molar refractivity (Wildman–Crippen MR) is 102 cm³/mol. The average molecular weight is 359 g/mol. The topological polar surface area (TPSA) is 27.7 Å². The zero-order valence-corrected chi connectivity index (χ0v) is 16.8. The normalized spacial score (nSPS) is 22.8. The second kappa shape index (κ2) is 11.5. The molecule has 0 amide bonds. The number of hydrogen-bond donors (Lipinski definition) is 0. The quantitative estimate of drug-likeness (QED) is 0.396. The number of quaternary nitrogens is 2. The smallest absolute Gasteiger partial charge is 0.103 e. The summed E-state index contributed by atoms with van der Waals surface area (Å²) in [4.78, 5) is 0. The first-order chi connectivity index (χ1) is 12.2. The molecule has 25 heavy (non-hydrogen) atoms. The van der Waals surface area contributed by atoms with Crippen LogP contribution in [-0.2, 0) is 14.2 Å². The second-order valence-corrected chi connectivity index (χ2v) is 8.02. The van der Waals surface area contributed by atoms with E-state index in [4.69, 9.17) is 14.2 Å². The van der Waals surface area contributed by atoms with Gasteiger partial charge in [0.25, 0.3) is 0 Å². The molecule has 2 heterocycles. The molecular formula is C20H42N2O3+2. The molecular weight excluding hydrogens is 316 g/mol. The number of hydrogen-bond acceptors (Lipinski definition) is 3. The molecule has 5 nitrogen and oxygen atoms in total. The van der Waals surface area contributed by atoms with Gasteiger partial charge < -0.3 is 23.2 Å². The highest BCUT2D eigenvalue weighted by Crippen LogP contribution is 2.15. The molecule has 0 unspecified atom stereocenters. The largest absolute Gasteiger partial charge is 0.370 e. The highest BCUT2D eigenvalue weighted by molar-refractivity contribution is 4.54. The fourth-order valence-electron chi connectivity index (χ4n) is 4.18. The van der Waals surface area contributed by atoms with Gasteiger partial charge in [-0.1, -0.05) is 26.7 Å². The zero-order valence-electron chi connectivity index (χ0n) is 16.8. The van der Waals surface area contributed by atoms with Gasteiger partial charge in [0.05, 0.1) is 52.7 Å². The van der Waals surface area contributed by atoms with Gasteiger partial charge in [0.2, 0.25) is 0 Å². The van der Waals surface area contributed by atoms with Crippen molar-refractivity contribution in [2.45, 2.75) is 39.5 Å². The van der Waals surface area contributed by atoms with Crippen LogP contribution >= 0.6 is 0 Å². The summed E-state index contributed by atoms with van der Waals surface area (Å²) in [6.07, 6.45) is 5.19. The van der Waals surface area contributed by atoms with E-state index in [-0.39, 0.29) is 0 Å². The van der Waals surface area contributed by atoms with Gasteiger partial charge in [0, 0.05) is 0 Å². The van der Waals surface area contributed by atoms with Gasteiger partial charge in [-0.15, -0.1) is 0 Å². The van der Waals surface area contributed by atoms with Gasteiger partial charge in [0.1, 0.15) is 39.3 Å². The van der Waals surface area contributed by atoms with Crippen LogP contribution in [0.25, 0.3) is 0 Å². The van der Waals surface area contributed by atoms with Crippen LogP contribution in [0.3, 0.4) is 0 Å². The van der Waals surface area contributed by atoms with Gasteiger partial charge in [-0.05, 0) is 12.8 Å².